The van der Waals surface area contributed by atoms with Crippen LogP contribution in [0.2, 0.25) is 0 Å². The van der Waals surface area contributed by atoms with E-state index >= 15 is 4.39 Å². The van der Waals surface area contributed by atoms with Crippen LogP contribution >= 0.6 is 11.3 Å². The second kappa shape index (κ2) is 13.0. The summed E-state index contributed by atoms with van der Waals surface area (Å²) in [6.45, 7) is 4.26. The fourth-order valence-electron chi connectivity index (χ4n) is 5.17. The van der Waals surface area contributed by atoms with Crippen molar-refractivity contribution in [3.63, 3.8) is 0 Å². The monoisotopic (exact) mass is 639 g/mol. The van der Waals surface area contributed by atoms with Gasteiger partial charge in [0.1, 0.15) is 15.9 Å². The van der Waals surface area contributed by atoms with Crippen molar-refractivity contribution in [3.8, 4) is 39.1 Å². The number of thiazole rings is 1. The number of aryl methyl sites for hydroxylation is 1. The van der Waals surface area contributed by atoms with Gasteiger partial charge in [0.05, 0.1) is 27.0 Å². The van der Waals surface area contributed by atoms with E-state index in [0.717, 1.165) is 34.0 Å². The van der Waals surface area contributed by atoms with E-state index in [-0.39, 0.29) is 24.4 Å². The molecule has 4 aromatic rings. The van der Waals surface area contributed by atoms with E-state index in [1.54, 1.807) is 29.7 Å². The van der Waals surface area contributed by atoms with E-state index in [0.29, 0.717) is 61.3 Å². The summed E-state index contributed by atoms with van der Waals surface area (Å²) in [6, 6.07) is 12.4. The molecule has 1 fully saturated rings. The number of benzene rings is 2. The zero-order chi connectivity index (χ0) is 30.7. The Hall–Kier alpha value is -3.81. The molecule has 2 aliphatic heterocycles. The smallest absolute Gasteiger partial charge is 0.231 e. The molecular weight excluding hydrogens is 606 g/mol. The second-order valence-corrected chi connectivity index (χ2v) is 14.3. The lowest BCUT2D eigenvalue weighted by atomic mass is 10.1. The van der Waals surface area contributed by atoms with Crippen LogP contribution in [0.25, 0.3) is 21.8 Å². The standard InChI is InChI=1S/C31H34FN5O5S2/c1-3-4-28-36-29(20-5-7-26-27(17-20)41-19-40-26)30(43-28)24-9-12-33-31(35-24)34-21-6-8-25(23(32)18-21)42-22-10-13-37(14-11-22)15-16-44(2,38)39/h5-9,12,17-18,22H,3-4,10-11,13-16,19H2,1-2H3,(H,33,34,35). The van der Waals surface area contributed by atoms with Crippen LogP contribution in [-0.2, 0) is 16.3 Å². The van der Waals surface area contributed by atoms with E-state index in [9.17, 15) is 8.42 Å². The molecule has 0 saturated carbocycles. The van der Waals surface area contributed by atoms with E-state index < -0.39 is 15.7 Å². The quantitative estimate of drug-likeness (QED) is 0.219. The number of piperidine rings is 1. The molecule has 2 aromatic carbocycles. The average Bonchev–Trinajstić information content (AvgIpc) is 3.65. The number of aromatic nitrogens is 3. The molecule has 0 atom stereocenters. The van der Waals surface area contributed by atoms with Crippen LogP contribution in [0.4, 0.5) is 16.0 Å². The summed E-state index contributed by atoms with van der Waals surface area (Å²) in [5, 5.41) is 4.13. The highest BCUT2D eigenvalue weighted by atomic mass is 32.2. The van der Waals surface area contributed by atoms with Crippen molar-refractivity contribution >= 4 is 32.8 Å². The SMILES string of the molecule is CCCc1nc(-c2ccc3c(c2)OCO3)c(-c2ccnc(Nc3ccc(OC4CCN(CCS(C)(=O)=O)CC4)c(F)c3)n2)s1. The van der Waals surface area contributed by atoms with Gasteiger partial charge in [-0.15, -0.1) is 11.3 Å². The van der Waals surface area contributed by atoms with Gasteiger partial charge >= 0.3 is 0 Å². The summed E-state index contributed by atoms with van der Waals surface area (Å²) in [6.07, 6.45) is 6.02. The van der Waals surface area contributed by atoms with Crippen LogP contribution < -0.4 is 19.5 Å². The molecule has 2 aromatic heterocycles. The Morgan fingerprint density at radius 3 is 2.68 bits per heavy atom. The van der Waals surface area contributed by atoms with Gasteiger partial charge in [0.2, 0.25) is 12.7 Å². The maximum Gasteiger partial charge on any atom is 0.231 e. The number of rotatable bonds is 11. The van der Waals surface area contributed by atoms with Crippen LogP contribution in [0.15, 0.2) is 48.7 Å². The van der Waals surface area contributed by atoms with Crippen molar-refractivity contribution in [1.82, 2.24) is 19.9 Å². The van der Waals surface area contributed by atoms with Gasteiger partial charge in [-0.2, -0.15) is 0 Å². The Balaban J connectivity index is 1.14. The van der Waals surface area contributed by atoms with Crippen LogP contribution in [0, 0.1) is 5.82 Å². The van der Waals surface area contributed by atoms with E-state index in [2.05, 4.69) is 22.1 Å². The van der Waals surface area contributed by atoms with Gasteiger partial charge in [0.15, 0.2) is 23.1 Å². The third-order valence-corrected chi connectivity index (χ3v) is 9.53. The number of ether oxygens (including phenoxy) is 3. The number of nitrogens with zero attached hydrogens (tertiary/aromatic N) is 4. The predicted octanol–water partition coefficient (Wildman–Crippen LogP) is 5.72. The first-order chi connectivity index (χ1) is 21.2. The Labute approximate surface area is 260 Å². The summed E-state index contributed by atoms with van der Waals surface area (Å²) >= 11 is 1.60. The maximum atomic E-state index is 15.1. The highest BCUT2D eigenvalue weighted by Crippen LogP contribution is 2.41. The molecule has 10 nitrogen and oxygen atoms in total. The Morgan fingerprint density at radius 2 is 1.91 bits per heavy atom. The summed E-state index contributed by atoms with van der Waals surface area (Å²) in [7, 11) is -3.00. The third kappa shape index (κ3) is 7.28. The van der Waals surface area contributed by atoms with Crippen LogP contribution in [0.1, 0.15) is 31.2 Å². The van der Waals surface area contributed by atoms with Crippen LogP contribution in [0.3, 0.4) is 0 Å². The molecule has 1 saturated heterocycles. The summed E-state index contributed by atoms with van der Waals surface area (Å²) in [5.74, 6) is 1.57. The molecule has 44 heavy (non-hydrogen) atoms. The van der Waals surface area contributed by atoms with Crippen molar-refractivity contribution in [2.24, 2.45) is 0 Å². The molecule has 0 spiro atoms. The zero-order valence-electron chi connectivity index (χ0n) is 24.6. The Morgan fingerprint density at radius 1 is 1.09 bits per heavy atom. The highest BCUT2D eigenvalue weighted by molar-refractivity contribution is 7.90. The molecule has 2 aliphatic rings. The molecule has 6 rings (SSSR count). The van der Waals surface area contributed by atoms with Crippen molar-refractivity contribution in [3.05, 3.63) is 59.5 Å². The summed E-state index contributed by atoms with van der Waals surface area (Å²) < 4.78 is 55.0. The largest absolute Gasteiger partial charge is 0.487 e. The number of fused-ring (bicyclic) bond motifs is 1. The number of hydrogen-bond acceptors (Lipinski definition) is 11. The van der Waals surface area contributed by atoms with Gasteiger partial charge in [0, 0.05) is 49.4 Å². The molecular formula is C31H34FN5O5S2. The molecule has 232 valence electrons. The van der Waals surface area contributed by atoms with Gasteiger partial charge in [-0.05, 0) is 62.1 Å². The normalized spacial score (nSPS) is 15.4. The summed E-state index contributed by atoms with van der Waals surface area (Å²) in [5.41, 5.74) is 2.93. The minimum Gasteiger partial charge on any atom is -0.487 e. The second-order valence-electron chi connectivity index (χ2n) is 10.9. The molecule has 0 radical (unpaired) electrons. The Bertz CT molecular complexity index is 1740. The minimum atomic E-state index is -3.00. The van der Waals surface area contributed by atoms with Crippen molar-refractivity contribution in [2.75, 3.05) is 43.8 Å². The fraction of sp³-hybridized carbons (Fsp3) is 0.387. The maximum absolute atomic E-state index is 15.1. The number of anilines is 2. The van der Waals surface area contributed by atoms with Gasteiger partial charge in [-0.1, -0.05) is 6.92 Å². The predicted molar refractivity (Wildman–Crippen MR) is 168 cm³/mol. The van der Waals surface area contributed by atoms with E-state index in [1.807, 2.05) is 24.3 Å². The number of sulfone groups is 1. The summed E-state index contributed by atoms with van der Waals surface area (Å²) in [4.78, 5) is 17.1. The highest BCUT2D eigenvalue weighted by Gasteiger charge is 2.23. The van der Waals surface area contributed by atoms with Gasteiger partial charge in [-0.25, -0.2) is 27.8 Å². The third-order valence-electron chi connectivity index (χ3n) is 7.46. The van der Waals surface area contributed by atoms with Crippen LogP contribution in [-0.4, -0.2) is 72.8 Å². The number of hydrogen-bond donors (Lipinski definition) is 1. The lowest BCUT2D eigenvalue weighted by Crippen LogP contribution is -2.40. The lowest BCUT2D eigenvalue weighted by Gasteiger charge is -2.32. The topological polar surface area (TPSA) is 116 Å². The molecule has 0 aliphatic carbocycles. The van der Waals surface area contributed by atoms with Crippen LogP contribution in [0.5, 0.6) is 17.2 Å². The first-order valence-corrected chi connectivity index (χ1v) is 17.5. The minimum absolute atomic E-state index is 0.131. The first-order valence-electron chi connectivity index (χ1n) is 14.6. The molecule has 13 heteroatoms. The molecule has 0 amide bonds. The Kier molecular flexibility index (Phi) is 8.96. The first kappa shape index (κ1) is 30.2. The van der Waals surface area contributed by atoms with Crippen molar-refractivity contribution in [2.45, 2.75) is 38.7 Å². The van der Waals surface area contributed by atoms with Gasteiger partial charge < -0.3 is 24.4 Å². The number of nitrogens with one attached hydrogen (secondary N) is 1. The van der Waals surface area contributed by atoms with Gasteiger partial charge in [-0.3, -0.25) is 0 Å². The number of halogens is 1. The fourth-order valence-corrected chi connectivity index (χ4v) is 6.92. The van der Waals surface area contributed by atoms with Gasteiger partial charge in [0.25, 0.3) is 0 Å². The van der Waals surface area contributed by atoms with Crippen molar-refractivity contribution in [1.29, 1.82) is 0 Å². The molecule has 0 bridgehead atoms. The lowest BCUT2D eigenvalue weighted by molar-refractivity contribution is 0.100. The average molecular weight is 640 g/mol. The van der Waals surface area contributed by atoms with E-state index in [4.69, 9.17) is 24.2 Å². The number of likely N-dealkylation sites (tertiary alicyclic amines) is 1. The van der Waals surface area contributed by atoms with Crippen molar-refractivity contribution < 1.29 is 27.0 Å². The zero-order valence-corrected chi connectivity index (χ0v) is 26.2. The molecule has 0 unspecified atom stereocenters. The molecule has 1 N–H and O–H groups in total. The molecule has 4 heterocycles. The van der Waals surface area contributed by atoms with E-state index in [1.165, 1.54) is 12.3 Å².